The third-order valence-corrected chi connectivity index (χ3v) is 6.96. The molecule has 8 heteroatoms. The molecule has 0 radical (unpaired) electrons. The lowest BCUT2D eigenvalue weighted by atomic mass is 10.1. The number of ether oxygens (including phenoxy) is 1. The van der Waals surface area contributed by atoms with Crippen LogP contribution in [0, 0.1) is 6.92 Å². The van der Waals surface area contributed by atoms with E-state index < -0.39 is 0 Å². The molecule has 0 aliphatic heterocycles. The molecule has 0 unspecified atom stereocenters. The van der Waals surface area contributed by atoms with Crippen LogP contribution < -0.4 is 14.8 Å². The molecule has 0 saturated carbocycles. The Morgan fingerprint density at radius 1 is 0.974 bits per heavy atom. The van der Waals surface area contributed by atoms with Crippen molar-refractivity contribution in [1.82, 2.24) is 24.4 Å². The van der Waals surface area contributed by atoms with Gasteiger partial charge in [-0.1, -0.05) is 66.0 Å². The number of nitrogens with zero attached hydrogens (tertiary/aromatic N) is 5. The molecule has 3 heterocycles. The topological polar surface area (TPSA) is 74.3 Å². The summed E-state index contributed by atoms with van der Waals surface area (Å²) in [7, 11) is 0. The van der Waals surface area contributed by atoms with Gasteiger partial charge >= 0.3 is 0 Å². The largest absolute Gasteiger partial charge is 0.490 e. The number of para-hydroxylation sites is 1. The first-order valence-electron chi connectivity index (χ1n) is 12.1. The SMILES string of the molecule is C=CCOc1ccc(-c2nn(-c3ccccc3)cc2C=c2sc3nc(-c4cccc(C)c4)nn3c2=O)cc1. The van der Waals surface area contributed by atoms with Crippen LogP contribution in [0.1, 0.15) is 11.1 Å². The Morgan fingerprint density at radius 3 is 2.53 bits per heavy atom. The van der Waals surface area contributed by atoms with Gasteiger partial charge in [0.25, 0.3) is 5.56 Å². The highest BCUT2D eigenvalue weighted by atomic mass is 32.1. The average molecular weight is 518 g/mol. The number of hydrogen-bond acceptors (Lipinski definition) is 6. The van der Waals surface area contributed by atoms with Crippen LogP contribution in [0.4, 0.5) is 0 Å². The van der Waals surface area contributed by atoms with Crippen LogP contribution in [0.5, 0.6) is 5.75 Å². The van der Waals surface area contributed by atoms with Crippen molar-refractivity contribution in [3.63, 3.8) is 0 Å². The highest BCUT2D eigenvalue weighted by Gasteiger charge is 2.15. The summed E-state index contributed by atoms with van der Waals surface area (Å²) < 4.78 is 9.36. The van der Waals surface area contributed by atoms with E-state index in [1.165, 1.54) is 15.9 Å². The predicted molar refractivity (Wildman–Crippen MR) is 151 cm³/mol. The van der Waals surface area contributed by atoms with E-state index in [1.54, 1.807) is 6.08 Å². The van der Waals surface area contributed by atoms with Crippen molar-refractivity contribution in [2.75, 3.05) is 6.61 Å². The van der Waals surface area contributed by atoms with Gasteiger partial charge < -0.3 is 4.74 Å². The minimum Gasteiger partial charge on any atom is -0.490 e. The standard InChI is InChI=1S/C30H23N5O2S/c1-3-16-37-25-14-12-21(13-15-25)27-23(19-34(32-27)24-10-5-4-6-11-24)18-26-29(36)35-30(38-26)31-28(33-35)22-9-7-8-20(2)17-22/h3-15,17-19H,1,16H2,2H3. The maximum absolute atomic E-state index is 13.3. The van der Waals surface area contributed by atoms with E-state index in [1.807, 2.05) is 103 Å². The molecule has 0 N–H and O–H groups in total. The second-order valence-electron chi connectivity index (χ2n) is 8.75. The number of hydrogen-bond donors (Lipinski definition) is 0. The summed E-state index contributed by atoms with van der Waals surface area (Å²) in [5.41, 5.74) is 5.19. The van der Waals surface area contributed by atoms with E-state index in [0.29, 0.717) is 21.9 Å². The van der Waals surface area contributed by atoms with Gasteiger partial charge in [-0.15, -0.1) is 5.10 Å². The van der Waals surface area contributed by atoms with Gasteiger partial charge in [0, 0.05) is 22.9 Å². The first-order valence-corrected chi connectivity index (χ1v) is 12.9. The Morgan fingerprint density at radius 2 is 1.79 bits per heavy atom. The second-order valence-corrected chi connectivity index (χ2v) is 9.76. The lowest BCUT2D eigenvalue weighted by Gasteiger charge is -2.04. The molecule has 0 spiro atoms. The Labute approximate surface area is 222 Å². The van der Waals surface area contributed by atoms with Crippen molar-refractivity contribution in [1.29, 1.82) is 0 Å². The van der Waals surface area contributed by atoms with Crippen molar-refractivity contribution < 1.29 is 4.74 Å². The van der Waals surface area contributed by atoms with Crippen molar-refractivity contribution >= 4 is 22.4 Å². The minimum atomic E-state index is -0.206. The molecule has 0 atom stereocenters. The number of aryl methyl sites for hydroxylation is 1. The summed E-state index contributed by atoms with van der Waals surface area (Å²) in [6.07, 6.45) is 5.50. The van der Waals surface area contributed by atoms with Crippen LogP contribution in [0.15, 0.2) is 103 Å². The monoisotopic (exact) mass is 517 g/mol. The lowest BCUT2D eigenvalue weighted by molar-refractivity contribution is 0.363. The van der Waals surface area contributed by atoms with E-state index in [9.17, 15) is 4.79 Å². The molecular formula is C30H23N5O2S. The fourth-order valence-corrected chi connectivity index (χ4v) is 5.07. The van der Waals surface area contributed by atoms with Gasteiger partial charge in [-0.05, 0) is 55.5 Å². The smallest absolute Gasteiger partial charge is 0.291 e. The molecule has 3 aromatic carbocycles. The summed E-state index contributed by atoms with van der Waals surface area (Å²) in [5.74, 6) is 1.29. The van der Waals surface area contributed by atoms with Crippen LogP contribution in [-0.2, 0) is 0 Å². The molecule has 3 aromatic heterocycles. The van der Waals surface area contributed by atoms with Gasteiger partial charge in [0.1, 0.15) is 18.1 Å². The van der Waals surface area contributed by atoms with Crippen LogP contribution in [0.25, 0.3) is 39.4 Å². The zero-order valence-corrected chi connectivity index (χ0v) is 21.4. The highest BCUT2D eigenvalue weighted by Crippen LogP contribution is 2.27. The highest BCUT2D eigenvalue weighted by molar-refractivity contribution is 7.15. The molecule has 0 amide bonds. The first kappa shape index (κ1) is 23.6. The third-order valence-electron chi connectivity index (χ3n) is 6.00. The number of aromatic nitrogens is 5. The zero-order chi connectivity index (χ0) is 26.1. The van der Waals surface area contributed by atoms with Crippen molar-refractivity contribution in [2.45, 2.75) is 6.92 Å². The third kappa shape index (κ3) is 4.53. The molecule has 0 bridgehead atoms. The maximum atomic E-state index is 13.3. The van der Waals surface area contributed by atoms with E-state index in [4.69, 9.17) is 9.84 Å². The van der Waals surface area contributed by atoms with Gasteiger partial charge in [-0.25, -0.2) is 4.68 Å². The van der Waals surface area contributed by atoms with E-state index in [2.05, 4.69) is 16.7 Å². The quantitative estimate of drug-likeness (QED) is 0.276. The van der Waals surface area contributed by atoms with Gasteiger partial charge in [-0.3, -0.25) is 4.79 Å². The molecule has 186 valence electrons. The van der Waals surface area contributed by atoms with Gasteiger partial charge in [0.15, 0.2) is 5.82 Å². The Balaban J connectivity index is 1.44. The molecule has 0 saturated heterocycles. The van der Waals surface area contributed by atoms with E-state index >= 15 is 0 Å². The Kier molecular flexibility index (Phi) is 6.15. The number of thiazole rings is 1. The second kappa shape index (κ2) is 9.91. The van der Waals surface area contributed by atoms with Crippen molar-refractivity contribution in [3.8, 4) is 34.1 Å². The van der Waals surface area contributed by atoms with Crippen LogP contribution in [0.3, 0.4) is 0 Å². The molecule has 6 rings (SSSR count). The van der Waals surface area contributed by atoms with Crippen molar-refractivity contribution in [3.05, 3.63) is 124 Å². The minimum absolute atomic E-state index is 0.206. The summed E-state index contributed by atoms with van der Waals surface area (Å²) in [6, 6.07) is 25.5. The van der Waals surface area contributed by atoms with Gasteiger partial charge in [-0.2, -0.15) is 14.6 Å². The summed E-state index contributed by atoms with van der Waals surface area (Å²) in [4.78, 5) is 18.5. The molecule has 7 nitrogen and oxygen atoms in total. The summed E-state index contributed by atoms with van der Waals surface area (Å²) in [5, 5.41) is 9.36. The fraction of sp³-hybridized carbons (Fsp3) is 0.0667. The normalized spacial score (nSPS) is 11.8. The number of rotatable bonds is 7. The summed E-state index contributed by atoms with van der Waals surface area (Å²) >= 11 is 1.31. The van der Waals surface area contributed by atoms with E-state index in [-0.39, 0.29) is 5.56 Å². The first-order chi connectivity index (χ1) is 18.6. The van der Waals surface area contributed by atoms with Crippen LogP contribution in [-0.4, -0.2) is 31.0 Å². The zero-order valence-electron chi connectivity index (χ0n) is 20.6. The lowest BCUT2D eigenvalue weighted by Crippen LogP contribution is -2.23. The van der Waals surface area contributed by atoms with Gasteiger partial charge in [0.2, 0.25) is 4.96 Å². The average Bonchev–Trinajstić information content (AvgIpc) is 3.63. The Bertz CT molecular complexity index is 1870. The van der Waals surface area contributed by atoms with Crippen LogP contribution >= 0.6 is 11.3 Å². The summed E-state index contributed by atoms with van der Waals surface area (Å²) in [6.45, 7) is 6.14. The molecule has 6 aromatic rings. The number of fused-ring (bicyclic) bond motifs is 1. The molecule has 0 aliphatic rings. The molecule has 0 fully saturated rings. The number of benzene rings is 3. The molecule has 0 aliphatic carbocycles. The van der Waals surface area contributed by atoms with Gasteiger partial charge in [0.05, 0.1) is 10.2 Å². The fourth-order valence-electron chi connectivity index (χ4n) is 4.18. The predicted octanol–water partition coefficient (Wildman–Crippen LogP) is 5.09. The van der Waals surface area contributed by atoms with Crippen LogP contribution in [0.2, 0.25) is 0 Å². The maximum Gasteiger partial charge on any atom is 0.291 e. The Hall–Kier alpha value is -4.82. The molecular weight excluding hydrogens is 494 g/mol. The van der Waals surface area contributed by atoms with E-state index in [0.717, 1.165) is 39.4 Å². The molecule has 38 heavy (non-hydrogen) atoms. The van der Waals surface area contributed by atoms with Crippen molar-refractivity contribution in [2.24, 2.45) is 0 Å².